The smallest absolute Gasteiger partial charge is 0.154 e. The fraction of sp³-hybridized carbons (Fsp3) is 0.500. The molecule has 1 aliphatic heterocycles. The van der Waals surface area contributed by atoms with Crippen molar-refractivity contribution in [3.8, 4) is 0 Å². The van der Waals surface area contributed by atoms with Crippen molar-refractivity contribution in [1.29, 1.82) is 0 Å². The van der Waals surface area contributed by atoms with E-state index >= 15 is 0 Å². The second-order valence-corrected chi connectivity index (χ2v) is 7.74. The quantitative estimate of drug-likeness (QED) is 0.930. The fourth-order valence-corrected chi connectivity index (χ4v) is 4.40. The largest absolute Gasteiger partial charge is 0.311 e. The van der Waals surface area contributed by atoms with E-state index in [0.29, 0.717) is 28.9 Å². The molecule has 1 aliphatic rings. The minimum atomic E-state index is -2.87. The van der Waals surface area contributed by atoms with E-state index in [1.165, 1.54) is 0 Å². The molecule has 1 N–H and O–H groups in total. The molecule has 1 atom stereocenters. The van der Waals surface area contributed by atoms with Gasteiger partial charge in [0.05, 0.1) is 11.0 Å². The first kappa shape index (κ1) is 14.1. The molecule has 1 aromatic rings. The molecule has 0 aliphatic carbocycles. The van der Waals surface area contributed by atoms with Gasteiger partial charge in [-0.2, -0.15) is 0 Å². The summed E-state index contributed by atoms with van der Waals surface area (Å²) in [4.78, 5) is 0. The van der Waals surface area contributed by atoms with Gasteiger partial charge in [-0.3, -0.25) is 0 Å². The topological polar surface area (TPSA) is 46.2 Å². The Kier molecular flexibility index (Phi) is 4.54. The summed E-state index contributed by atoms with van der Waals surface area (Å²) in [5, 5.41) is 4.11. The molecule has 18 heavy (non-hydrogen) atoms. The predicted molar refractivity (Wildman–Crippen MR) is 75.0 cm³/mol. The van der Waals surface area contributed by atoms with E-state index in [2.05, 4.69) is 5.32 Å². The van der Waals surface area contributed by atoms with Crippen molar-refractivity contribution in [2.75, 3.05) is 12.3 Å². The highest BCUT2D eigenvalue weighted by atomic mass is 35.5. The standard InChI is InChI=1S/C12H15Cl2NO2S/c13-10-4-3-9(12(14)6-10)7-15-8-11-2-1-5-18(11,16)17/h3-4,6,11,15H,1-2,5,7-8H2. The summed E-state index contributed by atoms with van der Waals surface area (Å²) < 4.78 is 23.3. The first-order valence-corrected chi connectivity index (χ1v) is 8.32. The molecule has 0 radical (unpaired) electrons. The average molecular weight is 308 g/mol. The normalized spacial score (nSPS) is 22.2. The van der Waals surface area contributed by atoms with Crippen molar-refractivity contribution in [2.24, 2.45) is 0 Å². The Labute approximate surface area is 117 Å². The molecule has 100 valence electrons. The molecule has 0 aromatic heterocycles. The molecule has 1 aromatic carbocycles. The number of benzene rings is 1. The number of rotatable bonds is 4. The number of hydrogen-bond donors (Lipinski definition) is 1. The van der Waals surface area contributed by atoms with Gasteiger partial charge < -0.3 is 5.32 Å². The maximum absolute atomic E-state index is 11.6. The Hall–Kier alpha value is -0.290. The summed E-state index contributed by atoms with van der Waals surface area (Å²) in [6, 6.07) is 5.31. The Morgan fingerprint density at radius 2 is 2.11 bits per heavy atom. The molecular weight excluding hydrogens is 293 g/mol. The van der Waals surface area contributed by atoms with Gasteiger partial charge in [0.2, 0.25) is 0 Å². The van der Waals surface area contributed by atoms with Crippen LogP contribution in [0.5, 0.6) is 0 Å². The van der Waals surface area contributed by atoms with Gasteiger partial charge in [0.1, 0.15) is 0 Å². The number of sulfone groups is 1. The van der Waals surface area contributed by atoms with Crippen molar-refractivity contribution in [1.82, 2.24) is 5.32 Å². The zero-order chi connectivity index (χ0) is 13.2. The van der Waals surface area contributed by atoms with Crippen molar-refractivity contribution >= 4 is 33.0 Å². The lowest BCUT2D eigenvalue weighted by molar-refractivity contribution is 0.574. The highest BCUT2D eigenvalue weighted by molar-refractivity contribution is 7.92. The van der Waals surface area contributed by atoms with Crippen molar-refractivity contribution in [2.45, 2.75) is 24.6 Å². The van der Waals surface area contributed by atoms with Crippen molar-refractivity contribution in [3.05, 3.63) is 33.8 Å². The average Bonchev–Trinajstić information content (AvgIpc) is 2.61. The zero-order valence-corrected chi connectivity index (χ0v) is 12.2. The summed E-state index contributed by atoms with van der Waals surface area (Å²) in [7, 11) is -2.87. The third-order valence-corrected chi connectivity index (χ3v) is 6.03. The number of halogens is 2. The van der Waals surface area contributed by atoms with Crippen LogP contribution in [0.3, 0.4) is 0 Å². The molecular formula is C12H15Cl2NO2S. The fourth-order valence-electron chi connectivity index (χ4n) is 2.12. The van der Waals surface area contributed by atoms with Crippen molar-refractivity contribution < 1.29 is 8.42 Å². The molecule has 0 saturated carbocycles. The Morgan fingerprint density at radius 3 is 2.72 bits per heavy atom. The third kappa shape index (κ3) is 3.38. The third-order valence-electron chi connectivity index (χ3n) is 3.17. The van der Waals surface area contributed by atoms with Crippen LogP contribution in [0.4, 0.5) is 0 Å². The summed E-state index contributed by atoms with van der Waals surface area (Å²) in [6.45, 7) is 1.04. The second-order valence-electron chi connectivity index (χ2n) is 4.50. The molecule has 2 rings (SSSR count). The van der Waals surface area contributed by atoms with Crippen LogP contribution in [0.2, 0.25) is 10.0 Å². The van der Waals surface area contributed by atoms with E-state index in [9.17, 15) is 8.42 Å². The van der Waals surface area contributed by atoms with Gasteiger partial charge in [0, 0.05) is 23.1 Å². The summed E-state index contributed by atoms with van der Waals surface area (Å²) in [6.07, 6.45) is 1.53. The van der Waals surface area contributed by atoms with Crippen LogP contribution in [-0.2, 0) is 16.4 Å². The summed E-state index contributed by atoms with van der Waals surface area (Å²) >= 11 is 11.8. The van der Waals surface area contributed by atoms with E-state index in [4.69, 9.17) is 23.2 Å². The van der Waals surface area contributed by atoms with Crippen LogP contribution in [0.15, 0.2) is 18.2 Å². The van der Waals surface area contributed by atoms with E-state index in [1.807, 2.05) is 6.07 Å². The second kappa shape index (κ2) is 5.78. The molecule has 1 fully saturated rings. The first-order chi connectivity index (χ1) is 8.49. The lowest BCUT2D eigenvalue weighted by Gasteiger charge is -2.11. The van der Waals surface area contributed by atoms with E-state index in [1.54, 1.807) is 12.1 Å². The van der Waals surface area contributed by atoms with Crippen LogP contribution in [0, 0.1) is 0 Å². The highest BCUT2D eigenvalue weighted by Gasteiger charge is 2.30. The van der Waals surface area contributed by atoms with Crippen molar-refractivity contribution in [3.63, 3.8) is 0 Å². The Balaban J connectivity index is 1.89. The van der Waals surface area contributed by atoms with Crippen LogP contribution in [0.1, 0.15) is 18.4 Å². The Morgan fingerprint density at radius 1 is 1.33 bits per heavy atom. The van der Waals surface area contributed by atoms with Gasteiger partial charge in [0.15, 0.2) is 9.84 Å². The molecule has 0 amide bonds. The van der Waals surface area contributed by atoms with Crippen LogP contribution < -0.4 is 5.32 Å². The molecule has 1 heterocycles. The zero-order valence-electron chi connectivity index (χ0n) is 9.83. The van der Waals surface area contributed by atoms with Crippen LogP contribution >= 0.6 is 23.2 Å². The number of nitrogens with one attached hydrogen (secondary N) is 1. The van der Waals surface area contributed by atoms with E-state index in [-0.39, 0.29) is 5.25 Å². The van der Waals surface area contributed by atoms with E-state index < -0.39 is 9.84 Å². The first-order valence-electron chi connectivity index (χ1n) is 5.85. The van der Waals surface area contributed by atoms with Gasteiger partial charge in [-0.25, -0.2) is 8.42 Å². The van der Waals surface area contributed by atoms with Gasteiger partial charge in [-0.05, 0) is 30.5 Å². The molecule has 6 heteroatoms. The van der Waals surface area contributed by atoms with E-state index in [0.717, 1.165) is 18.4 Å². The summed E-state index contributed by atoms with van der Waals surface area (Å²) in [5.74, 6) is 0.320. The number of hydrogen-bond acceptors (Lipinski definition) is 3. The van der Waals surface area contributed by atoms with Gasteiger partial charge in [0.25, 0.3) is 0 Å². The minimum absolute atomic E-state index is 0.247. The van der Waals surface area contributed by atoms with Gasteiger partial charge in [-0.15, -0.1) is 0 Å². The lowest BCUT2D eigenvalue weighted by atomic mass is 10.2. The highest BCUT2D eigenvalue weighted by Crippen LogP contribution is 2.22. The molecule has 0 spiro atoms. The molecule has 3 nitrogen and oxygen atoms in total. The summed E-state index contributed by atoms with van der Waals surface area (Å²) in [5.41, 5.74) is 0.927. The lowest BCUT2D eigenvalue weighted by Crippen LogP contribution is -2.30. The predicted octanol–water partition coefficient (Wildman–Crippen LogP) is 2.66. The maximum Gasteiger partial charge on any atom is 0.154 e. The monoisotopic (exact) mass is 307 g/mol. The van der Waals surface area contributed by atoms with Gasteiger partial charge in [-0.1, -0.05) is 29.3 Å². The SMILES string of the molecule is O=S1(=O)CCCC1CNCc1ccc(Cl)cc1Cl. The molecule has 1 unspecified atom stereocenters. The van der Waals surface area contributed by atoms with Gasteiger partial charge >= 0.3 is 0 Å². The molecule has 0 bridgehead atoms. The minimum Gasteiger partial charge on any atom is -0.311 e. The Bertz CT molecular complexity index is 531. The maximum atomic E-state index is 11.6. The van der Waals surface area contributed by atoms with Crippen LogP contribution in [-0.4, -0.2) is 26.0 Å². The molecule has 1 saturated heterocycles. The van der Waals surface area contributed by atoms with Crippen LogP contribution in [0.25, 0.3) is 0 Å².